The van der Waals surface area contributed by atoms with Crippen LogP contribution in [0.4, 0.5) is 5.82 Å². The molecule has 0 aliphatic carbocycles. The van der Waals surface area contributed by atoms with Crippen molar-refractivity contribution >= 4 is 5.82 Å². The van der Waals surface area contributed by atoms with Gasteiger partial charge < -0.3 is 10.3 Å². The molecule has 0 spiro atoms. The van der Waals surface area contributed by atoms with Crippen LogP contribution < -0.4 is 5.73 Å². The fourth-order valence-electron chi connectivity index (χ4n) is 2.60. The first kappa shape index (κ1) is 15.6. The molecule has 3 nitrogen and oxygen atoms in total. The van der Waals surface area contributed by atoms with Gasteiger partial charge in [-0.25, -0.2) is 4.98 Å². The highest BCUT2D eigenvalue weighted by Crippen LogP contribution is 2.26. The second kappa shape index (κ2) is 7.30. The summed E-state index contributed by atoms with van der Waals surface area (Å²) in [7, 11) is 0. The van der Waals surface area contributed by atoms with Crippen LogP contribution >= 0.6 is 0 Å². The lowest BCUT2D eigenvalue weighted by Crippen LogP contribution is -2.09. The van der Waals surface area contributed by atoms with Crippen molar-refractivity contribution in [1.82, 2.24) is 9.55 Å². The molecule has 0 atom stereocenters. The van der Waals surface area contributed by atoms with Crippen molar-refractivity contribution in [1.29, 1.82) is 0 Å². The smallest absolute Gasteiger partial charge is 0.141 e. The van der Waals surface area contributed by atoms with Gasteiger partial charge in [0.2, 0.25) is 0 Å². The van der Waals surface area contributed by atoms with Crippen LogP contribution in [0.1, 0.15) is 45.7 Å². The first-order chi connectivity index (χ1) is 10.1. The predicted molar refractivity (Wildman–Crippen MR) is 90.1 cm³/mol. The van der Waals surface area contributed by atoms with Crippen LogP contribution in [0.15, 0.2) is 30.3 Å². The van der Waals surface area contributed by atoms with Gasteiger partial charge in [0, 0.05) is 12.1 Å². The number of benzene rings is 1. The van der Waals surface area contributed by atoms with Gasteiger partial charge in [-0.2, -0.15) is 0 Å². The summed E-state index contributed by atoms with van der Waals surface area (Å²) in [6.45, 7) is 7.56. The normalized spacial score (nSPS) is 11.2. The maximum absolute atomic E-state index is 6.37. The third kappa shape index (κ3) is 3.87. The minimum absolute atomic E-state index is 0.549. The van der Waals surface area contributed by atoms with E-state index in [4.69, 9.17) is 10.7 Å². The number of anilines is 1. The highest BCUT2D eigenvalue weighted by molar-refractivity contribution is 5.60. The number of hydrogen-bond acceptors (Lipinski definition) is 2. The van der Waals surface area contributed by atoms with Crippen LogP contribution in [0.2, 0.25) is 0 Å². The van der Waals surface area contributed by atoms with Crippen molar-refractivity contribution in [2.75, 3.05) is 5.73 Å². The molecule has 0 saturated carbocycles. The van der Waals surface area contributed by atoms with Gasteiger partial charge in [0.05, 0.1) is 5.69 Å². The monoisotopic (exact) mass is 285 g/mol. The van der Waals surface area contributed by atoms with Crippen LogP contribution in [0.5, 0.6) is 0 Å². The molecular weight excluding hydrogens is 258 g/mol. The lowest BCUT2D eigenvalue weighted by atomic mass is 10.1. The van der Waals surface area contributed by atoms with Crippen molar-refractivity contribution in [3.63, 3.8) is 0 Å². The van der Waals surface area contributed by atoms with E-state index in [2.05, 4.69) is 49.6 Å². The molecule has 114 valence electrons. The molecule has 0 bridgehead atoms. The zero-order chi connectivity index (χ0) is 15.2. The van der Waals surface area contributed by atoms with E-state index in [1.54, 1.807) is 0 Å². The summed E-state index contributed by atoms with van der Waals surface area (Å²) in [6, 6.07) is 10.3. The zero-order valence-electron chi connectivity index (χ0n) is 13.5. The number of nitrogens with zero attached hydrogens (tertiary/aromatic N) is 2. The Morgan fingerprint density at radius 3 is 2.48 bits per heavy atom. The van der Waals surface area contributed by atoms with Gasteiger partial charge in [0.15, 0.2) is 0 Å². The molecule has 2 N–H and O–H groups in total. The molecule has 0 unspecified atom stereocenters. The molecule has 0 radical (unpaired) electrons. The van der Waals surface area contributed by atoms with Crippen LogP contribution in [-0.2, 0) is 13.0 Å². The lowest BCUT2D eigenvalue weighted by molar-refractivity contribution is 0.531. The van der Waals surface area contributed by atoms with Crippen LogP contribution in [0, 0.1) is 5.92 Å². The molecule has 21 heavy (non-hydrogen) atoms. The molecule has 0 fully saturated rings. The molecule has 2 rings (SSSR count). The summed E-state index contributed by atoms with van der Waals surface area (Å²) in [5.74, 6) is 2.40. The van der Waals surface area contributed by atoms with E-state index in [0.717, 1.165) is 42.3 Å². The Labute approximate surface area is 128 Å². The minimum Gasteiger partial charge on any atom is -0.384 e. The maximum Gasteiger partial charge on any atom is 0.141 e. The number of nitrogen functional groups attached to an aromatic ring is 1. The Morgan fingerprint density at radius 1 is 1.14 bits per heavy atom. The summed E-state index contributed by atoms with van der Waals surface area (Å²) in [5.41, 5.74) is 8.58. The van der Waals surface area contributed by atoms with Crippen LogP contribution in [-0.4, -0.2) is 9.55 Å². The SMILES string of the molecule is CCCCCc1nc(-c2ccccc2)n(CC(C)C)c1N. The van der Waals surface area contributed by atoms with E-state index < -0.39 is 0 Å². The highest BCUT2D eigenvalue weighted by Gasteiger charge is 2.16. The Bertz CT molecular complexity index is 555. The van der Waals surface area contributed by atoms with Crippen LogP contribution in [0.3, 0.4) is 0 Å². The lowest BCUT2D eigenvalue weighted by Gasteiger charge is -2.12. The molecule has 0 saturated heterocycles. The second-order valence-corrected chi connectivity index (χ2v) is 6.09. The van der Waals surface area contributed by atoms with Gasteiger partial charge in [-0.3, -0.25) is 0 Å². The number of imidazole rings is 1. The second-order valence-electron chi connectivity index (χ2n) is 6.09. The Balaban J connectivity index is 2.35. The summed E-state index contributed by atoms with van der Waals surface area (Å²) >= 11 is 0. The summed E-state index contributed by atoms with van der Waals surface area (Å²) in [4.78, 5) is 4.84. The van der Waals surface area contributed by atoms with E-state index in [1.807, 2.05) is 6.07 Å². The van der Waals surface area contributed by atoms with Gasteiger partial charge >= 0.3 is 0 Å². The number of aryl methyl sites for hydroxylation is 1. The topological polar surface area (TPSA) is 43.8 Å². The summed E-state index contributed by atoms with van der Waals surface area (Å²) in [5, 5.41) is 0. The predicted octanol–water partition coefficient (Wildman–Crippen LogP) is 4.52. The van der Waals surface area contributed by atoms with Crippen molar-refractivity contribution in [2.24, 2.45) is 5.92 Å². The van der Waals surface area contributed by atoms with Crippen molar-refractivity contribution in [2.45, 2.75) is 53.0 Å². The molecule has 1 aromatic heterocycles. The zero-order valence-corrected chi connectivity index (χ0v) is 13.5. The first-order valence-corrected chi connectivity index (χ1v) is 8.03. The molecule has 1 aromatic carbocycles. The molecule has 1 heterocycles. The van der Waals surface area contributed by atoms with Crippen molar-refractivity contribution < 1.29 is 0 Å². The summed E-state index contributed by atoms with van der Waals surface area (Å²) in [6.07, 6.45) is 4.59. The molecule has 0 aliphatic rings. The van der Waals surface area contributed by atoms with Crippen LogP contribution in [0.25, 0.3) is 11.4 Å². The Kier molecular flexibility index (Phi) is 5.43. The highest BCUT2D eigenvalue weighted by atomic mass is 15.1. The quantitative estimate of drug-likeness (QED) is 0.760. The number of aromatic nitrogens is 2. The number of unbranched alkanes of at least 4 members (excludes halogenated alkanes) is 2. The average Bonchev–Trinajstić information content (AvgIpc) is 2.77. The number of nitrogens with two attached hydrogens (primary N) is 1. The van der Waals surface area contributed by atoms with Gasteiger partial charge in [-0.15, -0.1) is 0 Å². The van der Waals surface area contributed by atoms with E-state index in [0.29, 0.717) is 5.92 Å². The Hall–Kier alpha value is -1.77. The van der Waals surface area contributed by atoms with E-state index in [-0.39, 0.29) is 0 Å². The molecule has 3 heteroatoms. The average molecular weight is 285 g/mol. The van der Waals surface area contributed by atoms with Gasteiger partial charge in [0.25, 0.3) is 0 Å². The fourth-order valence-corrected chi connectivity index (χ4v) is 2.60. The third-order valence-corrected chi connectivity index (χ3v) is 3.68. The molecule has 2 aromatic rings. The minimum atomic E-state index is 0.549. The fraction of sp³-hybridized carbons (Fsp3) is 0.500. The Morgan fingerprint density at radius 2 is 1.86 bits per heavy atom. The van der Waals surface area contributed by atoms with Gasteiger partial charge in [0.1, 0.15) is 11.6 Å². The van der Waals surface area contributed by atoms with E-state index >= 15 is 0 Å². The van der Waals surface area contributed by atoms with E-state index in [1.165, 1.54) is 12.8 Å². The van der Waals surface area contributed by atoms with E-state index in [9.17, 15) is 0 Å². The molecular formula is C18H27N3. The number of rotatable bonds is 7. The first-order valence-electron chi connectivity index (χ1n) is 8.03. The van der Waals surface area contributed by atoms with Crippen molar-refractivity contribution in [3.8, 4) is 11.4 Å². The molecule has 0 amide bonds. The van der Waals surface area contributed by atoms with Gasteiger partial charge in [-0.1, -0.05) is 63.9 Å². The van der Waals surface area contributed by atoms with Crippen molar-refractivity contribution in [3.05, 3.63) is 36.0 Å². The summed E-state index contributed by atoms with van der Waals surface area (Å²) < 4.78 is 2.18. The maximum atomic E-state index is 6.37. The standard InChI is InChI=1S/C18H27N3/c1-4-5-7-12-16-17(19)21(13-14(2)3)18(20-16)15-10-8-6-9-11-15/h6,8-11,14H,4-5,7,12-13,19H2,1-3H3. The largest absolute Gasteiger partial charge is 0.384 e. The number of hydrogen-bond donors (Lipinski definition) is 1. The third-order valence-electron chi connectivity index (χ3n) is 3.68. The molecule has 0 aliphatic heterocycles. The van der Waals surface area contributed by atoms with Gasteiger partial charge in [-0.05, 0) is 18.8 Å².